The number of hydrogen-bond donors (Lipinski definition) is 1. The summed E-state index contributed by atoms with van der Waals surface area (Å²) in [5.74, 6) is 0. The molecule has 1 aliphatic heterocycles. The molecule has 252 valence electrons. The molecule has 0 amide bonds. The normalized spacial score (nSPS) is 12.2. The minimum atomic E-state index is 0.822. The average Bonchev–Trinajstić information content (AvgIpc) is 3.80. The fraction of sp³-hybridized carbons (Fsp3) is 0. The first-order chi connectivity index (χ1) is 26.8. The molecular weight excluding hydrogens is 671 g/mol. The van der Waals surface area contributed by atoms with E-state index in [1.165, 1.54) is 98.0 Å². The standard InChI is InChI=1S/C50H33BN2S/c1-4-13-32(14-5-1)35-23-26-38(27-24-35)53-44-28-25-36(33-15-6-2-7-16-33)30-43(44)51-47-42(29-37(31-45(47)53)34-17-8-3-9-18-34)39-20-12-21-41-48(39)52-49-40-19-10-11-22-46(40)54-50(41)49/h1-31,51-52H. The first-order valence-electron chi connectivity index (χ1n) is 18.6. The summed E-state index contributed by atoms with van der Waals surface area (Å²) < 4.78 is 2.63. The molecule has 0 atom stereocenters. The fourth-order valence-corrected chi connectivity index (χ4v) is 9.64. The quantitative estimate of drug-likeness (QED) is 0.177. The van der Waals surface area contributed by atoms with Gasteiger partial charge in [0.2, 0.25) is 0 Å². The molecule has 10 aromatic rings. The molecule has 0 saturated heterocycles. The largest absolute Gasteiger partial charge is 0.353 e. The Balaban J connectivity index is 1.17. The van der Waals surface area contributed by atoms with E-state index in [9.17, 15) is 0 Å². The highest BCUT2D eigenvalue weighted by Crippen LogP contribution is 2.44. The molecule has 54 heavy (non-hydrogen) atoms. The van der Waals surface area contributed by atoms with Gasteiger partial charge in [0.25, 0.3) is 0 Å². The maximum absolute atomic E-state index is 3.95. The zero-order chi connectivity index (χ0) is 35.6. The van der Waals surface area contributed by atoms with Crippen molar-refractivity contribution in [3.8, 4) is 44.5 Å². The van der Waals surface area contributed by atoms with Crippen LogP contribution in [0.2, 0.25) is 0 Å². The number of fused-ring (bicyclic) bond motifs is 7. The lowest BCUT2D eigenvalue weighted by atomic mass is 9.57. The van der Waals surface area contributed by atoms with Crippen LogP contribution in [-0.2, 0) is 0 Å². The van der Waals surface area contributed by atoms with Crippen molar-refractivity contribution >= 4 is 77.8 Å². The van der Waals surface area contributed by atoms with Crippen molar-refractivity contribution in [1.82, 2.24) is 4.98 Å². The van der Waals surface area contributed by atoms with Crippen LogP contribution in [-0.4, -0.2) is 12.3 Å². The maximum atomic E-state index is 3.95. The van der Waals surface area contributed by atoms with E-state index in [2.05, 4.69) is 198 Å². The van der Waals surface area contributed by atoms with Gasteiger partial charge in [0, 0.05) is 38.1 Å². The third kappa shape index (κ3) is 5.03. The predicted octanol–water partition coefficient (Wildman–Crippen LogP) is 12.4. The molecule has 0 fully saturated rings. The van der Waals surface area contributed by atoms with E-state index in [4.69, 9.17) is 0 Å². The minimum absolute atomic E-state index is 0.822. The lowest BCUT2D eigenvalue weighted by molar-refractivity contribution is 1.30. The van der Waals surface area contributed by atoms with Gasteiger partial charge >= 0.3 is 0 Å². The van der Waals surface area contributed by atoms with Gasteiger partial charge in [0.15, 0.2) is 7.28 Å². The number of aromatic nitrogens is 1. The summed E-state index contributed by atoms with van der Waals surface area (Å²) in [5, 5.41) is 2.56. The van der Waals surface area contributed by atoms with Crippen LogP contribution in [0.1, 0.15) is 0 Å². The Labute approximate surface area is 318 Å². The van der Waals surface area contributed by atoms with Crippen molar-refractivity contribution in [2.24, 2.45) is 0 Å². The van der Waals surface area contributed by atoms with Gasteiger partial charge in [0.05, 0.1) is 15.7 Å². The van der Waals surface area contributed by atoms with Crippen LogP contribution >= 0.6 is 11.3 Å². The van der Waals surface area contributed by atoms with Crippen LogP contribution in [0.5, 0.6) is 0 Å². The van der Waals surface area contributed by atoms with E-state index >= 15 is 0 Å². The number of hydrogen-bond acceptors (Lipinski definition) is 2. The molecule has 0 bridgehead atoms. The zero-order valence-electron chi connectivity index (χ0n) is 29.5. The Morgan fingerprint density at radius 3 is 1.78 bits per heavy atom. The molecule has 0 spiro atoms. The Kier molecular flexibility index (Phi) is 7.17. The molecule has 1 N–H and O–H groups in total. The van der Waals surface area contributed by atoms with Gasteiger partial charge in [-0.1, -0.05) is 157 Å². The van der Waals surface area contributed by atoms with Crippen LogP contribution in [0, 0.1) is 0 Å². The summed E-state index contributed by atoms with van der Waals surface area (Å²) >= 11 is 1.88. The second-order valence-electron chi connectivity index (χ2n) is 14.2. The Bertz CT molecular complexity index is 3000. The van der Waals surface area contributed by atoms with Gasteiger partial charge in [-0.25, -0.2) is 0 Å². The number of thiophene rings is 1. The number of benzene rings is 8. The van der Waals surface area contributed by atoms with Crippen molar-refractivity contribution in [1.29, 1.82) is 0 Å². The van der Waals surface area contributed by atoms with Gasteiger partial charge < -0.3 is 9.88 Å². The molecule has 0 aliphatic carbocycles. The topological polar surface area (TPSA) is 19.0 Å². The van der Waals surface area contributed by atoms with Gasteiger partial charge in [0.1, 0.15) is 0 Å². The maximum Gasteiger partial charge on any atom is 0.198 e. The summed E-state index contributed by atoms with van der Waals surface area (Å²) in [6.07, 6.45) is 0. The molecule has 1 aliphatic rings. The SMILES string of the molecule is B1c2cc(-c3ccccc3)ccc2N(c2ccc(-c3ccccc3)cc2)c2cc(-c3ccccc3)cc(-c3cccc4c3[nH]c3c5ccccc5sc43)c21. The second-order valence-corrected chi connectivity index (χ2v) is 15.2. The van der Waals surface area contributed by atoms with Crippen LogP contribution in [0.3, 0.4) is 0 Å². The highest BCUT2D eigenvalue weighted by molar-refractivity contribution is 7.26. The summed E-state index contributed by atoms with van der Waals surface area (Å²) in [7, 11) is 0.822. The molecule has 0 unspecified atom stereocenters. The Morgan fingerprint density at radius 1 is 0.426 bits per heavy atom. The third-order valence-electron chi connectivity index (χ3n) is 11.0. The number of H-pyrrole nitrogens is 1. The summed E-state index contributed by atoms with van der Waals surface area (Å²) in [4.78, 5) is 6.44. The number of nitrogens with zero attached hydrogens (tertiary/aromatic N) is 1. The lowest BCUT2D eigenvalue weighted by Crippen LogP contribution is -2.41. The smallest absolute Gasteiger partial charge is 0.198 e. The molecule has 0 radical (unpaired) electrons. The zero-order valence-corrected chi connectivity index (χ0v) is 30.3. The van der Waals surface area contributed by atoms with E-state index in [1.54, 1.807) is 0 Å². The van der Waals surface area contributed by atoms with Crippen molar-refractivity contribution in [3.05, 3.63) is 188 Å². The molecule has 2 aromatic heterocycles. The van der Waals surface area contributed by atoms with E-state index in [1.807, 2.05) is 11.3 Å². The van der Waals surface area contributed by atoms with Crippen LogP contribution in [0.4, 0.5) is 17.1 Å². The number of anilines is 3. The molecule has 2 nitrogen and oxygen atoms in total. The average molecular weight is 705 g/mol. The highest BCUT2D eigenvalue weighted by Gasteiger charge is 2.29. The van der Waals surface area contributed by atoms with E-state index in [0.29, 0.717) is 0 Å². The van der Waals surface area contributed by atoms with Crippen LogP contribution in [0.15, 0.2) is 188 Å². The van der Waals surface area contributed by atoms with E-state index in [-0.39, 0.29) is 0 Å². The minimum Gasteiger partial charge on any atom is -0.353 e. The van der Waals surface area contributed by atoms with Gasteiger partial charge in [-0.05, 0) is 80.8 Å². The highest BCUT2D eigenvalue weighted by atomic mass is 32.1. The Hall–Kier alpha value is -6.62. The molecule has 11 rings (SSSR count). The fourth-order valence-electron chi connectivity index (χ4n) is 8.45. The van der Waals surface area contributed by atoms with Crippen LogP contribution in [0.25, 0.3) is 75.7 Å². The van der Waals surface area contributed by atoms with Crippen molar-refractivity contribution in [2.45, 2.75) is 0 Å². The number of rotatable bonds is 5. The van der Waals surface area contributed by atoms with Crippen molar-refractivity contribution in [2.75, 3.05) is 4.90 Å². The van der Waals surface area contributed by atoms with E-state index < -0.39 is 0 Å². The van der Waals surface area contributed by atoms with Gasteiger partial charge in [-0.3, -0.25) is 0 Å². The van der Waals surface area contributed by atoms with Crippen molar-refractivity contribution in [3.63, 3.8) is 0 Å². The summed E-state index contributed by atoms with van der Waals surface area (Å²) in [6.45, 7) is 0. The molecule has 0 saturated carbocycles. The third-order valence-corrected chi connectivity index (χ3v) is 12.3. The monoisotopic (exact) mass is 704 g/mol. The van der Waals surface area contributed by atoms with Crippen molar-refractivity contribution < 1.29 is 0 Å². The molecule has 3 heterocycles. The first-order valence-corrected chi connectivity index (χ1v) is 19.4. The predicted molar refractivity (Wildman–Crippen MR) is 234 cm³/mol. The second kappa shape index (κ2) is 12.5. The molecule has 4 heteroatoms. The first kappa shape index (κ1) is 31.0. The number of para-hydroxylation sites is 1. The lowest BCUT2D eigenvalue weighted by Gasteiger charge is -2.35. The number of aromatic amines is 1. The summed E-state index contributed by atoms with van der Waals surface area (Å²) in [5.41, 5.74) is 18.4. The Morgan fingerprint density at radius 2 is 1.04 bits per heavy atom. The molecule has 8 aromatic carbocycles. The number of nitrogens with one attached hydrogen (secondary N) is 1. The van der Waals surface area contributed by atoms with Gasteiger partial charge in [-0.15, -0.1) is 11.3 Å². The summed E-state index contributed by atoms with van der Waals surface area (Å²) in [6, 6.07) is 68.7. The van der Waals surface area contributed by atoms with Crippen LogP contribution < -0.4 is 15.8 Å². The van der Waals surface area contributed by atoms with Gasteiger partial charge in [-0.2, -0.15) is 0 Å². The van der Waals surface area contributed by atoms with E-state index in [0.717, 1.165) is 13.0 Å². The molecular formula is C50H33BN2S.